The summed E-state index contributed by atoms with van der Waals surface area (Å²) in [6.07, 6.45) is 9.55. The predicted molar refractivity (Wildman–Crippen MR) is 88.8 cm³/mol. The van der Waals surface area contributed by atoms with Crippen LogP contribution in [0.2, 0.25) is 0 Å². The van der Waals surface area contributed by atoms with Gasteiger partial charge in [0.25, 0.3) is 0 Å². The third-order valence-electron chi connectivity index (χ3n) is 4.19. The molecule has 1 fully saturated rings. The molecule has 5 heteroatoms. The molecule has 1 N–H and O–H groups in total. The molecule has 2 aliphatic rings. The van der Waals surface area contributed by atoms with Crippen LogP contribution in [0, 0.1) is 5.92 Å². The molecule has 0 bridgehead atoms. The second-order valence-corrected chi connectivity index (χ2v) is 6.74. The number of ketones is 1. The summed E-state index contributed by atoms with van der Waals surface area (Å²) in [4.78, 5) is 17.7. The minimum absolute atomic E-state index is 0.181. The fraction of sp³-hybridized carbons (Fsp3) is 0.294. The zero-order valence-corrected chi connectivity index (χ0v) is 13.0. The molecule has 0 aromatic carbocycles. The van der Waals surface area contributed by atoms with Gasteiger partial charge in [0.05, 0.1) is 16.9 Å². The lowest BCUT2D eigenvalue weighted by Crippen LogP contribution is -2.31. The molecule has 22 heavy (non-hydrogen) atoms. The molecule has 0 saturated carbocycles. The van der Waals surface area contributed by atoms with Crippen LogP contribution in [0.5, 0.6) is 0 Å². The number of imidazole rings is 1. The van der Waals surface area contributed by atoms with E-state index in [0.717, 1.165) is 47.2 Å². The lowest BCUT2D eigenvalue weighted by Gasteiger charge is -2.20. The number of piperidine rings is 1. The van der Waals surface area contributed by atoms with Crippen LogP contribution in [-0.2, 0) is 4.79 Å². The number of nitrogens with zero attached hydrogens (tertiary/aromatic N) is 2. The minimum atomic E-state index is 0.181. The number of hydrogen-bond acceptors (Lipinski definition) is 4. The molecule has 0 unspecified atom stereocenters. The maximum atomic E-state index is 12.3. The standard InChI is InChI=1S/C17H17N3OS/c21-15(12-6-8-18-9-7-12)5-4-14-10-13-11-19-16-2-1-3-17(22-14)20(13)16/h1-5,10-12,18H,6-9H2. The molecule has 4 nitrogen and oxygen atoms in total. The van der Waals surface area contributed by atoms with Crippen molar-refractivity contribution >= 4 is 29.3 Å². The van der Waals surface area contributed by atoms with E-state index in [1.807, 2.05) is 24.4 Å². The van der Waals surface area contributed by atoms with Gasteiger partial charge < -0.3 is 5.32 Å². The highest BCUT2D eigenvalue weighted by atomic mass is 32.2. The Balaban J connectivity index is 1.55. The number of carbonyl (C=O) groups excluding carboxylic acids is 1. The van der Waals surface area contributed by atoms with E-state index in [1.54, 1.807) is 17.8 Å². The summed E-state index contributed by atoms with van der Waals surface area (Å²) in [5, 5.41) is 4.43. The van der Waals surface area contributed by atoms with Crippen molar-refractivity contribution in [2.24, 2.45) is 5.92 Å². The first-order valence-corrected chi connectivity index (χ1v) is 8.41. The number of pyridine rings is 1. The molecule has 2 aliphatic heterocycles. The van der Waals surface area contributed by atoms with E-state index in [0.29, 0.717) is 0 Å². The van der Waals surface area contributed by atoms with Gasteiger partial charge in [-0.15, -0.1) is 0 Å². The Morgan fingerprint density at radius 3 is 3.09 bits per heavy atom. The van der Waals surface area contributed by atoms with Gasteiger partial charge in [0.15, 0.2) is 5.78 Å². The second kappa shape index (κ2) is 5.74. The third-order valence-corrected chi connectivity index (χ3v) is 5.20. The van der Waals surface area contributed by atoms with Gasteiger partial charge in [-0.25, -0.2) is 4.98 Å². The average Bonchev–Trinajstić information content (AvgIpc) is 2.98. The van der Waals surface area contributed by atoms with Crippen LogP contribution < -0.4 is 5.32 Å². The number of hydrogen-bond donors (Lipinski definition) is 1. The van der Waals surface area contributed by atoms with Crippen LogP contribution in [0.1, 0.15) is 18.5 Å². The van der Waals surface area contributed by atoms with Gasteiger partial charge in [-0.05, 0) is 56.3 Å². The molecule has 0 radical (unpaired) electrons. The Morgan fingerprint density at radius 1 is 1.36 bits per heavy atom. The molecule has 0 atom stereocenters. The number of carbonyl (C=O) groups is 1. The Hall–Kier alpha value is -1.85. The van der Waals surface area contributed by atoms with Crippen LogP contribution >= 0.6 is 11.8 Å². The van der Waals surface area contributed by atoms with Crippen molar-refractivity contribution in [3.8, 4) is 0 Å². The van der Waals surface area contributed by atoms with E-state index in [-0.39, 0.29) is 11.7 Å². The summed E-state index contributed by atoms with van der Waals surface area (Å²) >= 11 is 1.68. The lowest BCUT2D eigenvalue weighted by atomic mass is 9.93. The number of aromatic nitrogens is 2. The Kier molecular flexibility index (Phi) is 3.60. The van der Waals surface area contributed by atoms with Gasteiger partial charge in [0.2, 0.25) is 0 Å². The number of rotatable bonds is 3. The van der Waals surface area contributed by atoms with Crippen LogP contribution in [0.15, 0.2) is 46.5 Å². The highest BCUT2D eigenvalue weighted by molar-refractivity contribution is 8.03. The SMILES string of the molecule is O=C(C=CC1=Cc2cnc3cccc(n23)S1)C1CCNCC1. The Labute approximate surface area is 133 Å². The normalized spacial score (nSPS) is 18.8. The molecule has 1 saturated heterocycles. The average molecular weight is 311 g/mol. The van der Waals surface area contributed by atoms with Gasteiger partial charge in [0, 0.05) is 10.8 Å². The summed E-state index contributed by atoms with van der Waals surface area (Å²) < 4.78 is 2.14. The van der Waals surface area contributed by atoms with E-state index in [2.05, 4.69) is 26.8 Å². The van der Waals surface area contributed by atoms with Crippen LogP contribution in [0.25, 0.3) is 11.7 Å². The molecule has 0 spiro atoms. The van der Waals surface area contributed by atoms with Crippen LogP contribution in [0.3, 0.4) is 0 Å². The lowest BCUT2D eigenvalue weighted by molar-refractivity contribution is -0.118. The first-order valence-electron chi connectivity index (χ1n) is 7.60. The molecule has 2 aromatic rings. The van der Waals surface area contributed by atoms with Crippen molar-refractivity contribution in [1.29, 1.82) is 0 Å². The van der Waals surface area contributed by atoms with Gasteiger partial charge in [0.1, 0.15) is 5.65 Å². The fourth-order valence-corrected chi connectivity index (χ4v) is 3.99. The van der Waals surface area contributed by atoms with Crippen molar-refractivity contribution < 1.29 is 4.79 Å². The maximum absolute atomic E-state index is 12.3. The molecule has 0 amide bonds. The monoisotopic (exact) mass is 311 g/mol. The first-order chi connectivity index (χ1) is 10.8. The predicted octanol–water partition coefficient (Wildman–Crippen LogP) is 2.91. The highest BCUT2D eigenvalue weighted by Gasteiger charge is 2.19. The summed E-state index contributed by atoms with van der Waals surface area (Å²) in [7, 11) is 0. The van der Waals surface area contributed by atoms with Gasteiger partial charge >= 0.3 is 0 Å². The number of thioether (sulfide) groups is 1. The third kappa shape index (κ3) is 2.51. The van der Waals surface area contributed by atoms with Gasteiger partial charge in [-0.3, -0.25) is 9.20 Å². The number of nitrogens with one attached hydrogen (secondary N) is 1. The molecule has 2 aromatic heterocycles. The van der Waals surface area contributed by atoms with Gasteiger partial charge in [-0.2, -0.15) is 0 Å². The molecule has 0 aliphatic carbocycles. The zero-order valence-electron chi connectivity index (χ0n) is 12.2. The highest BCUT2D eigenvalue weighted by Crippen LogP contribution is 2.35. The Morgan fingerprint density at radius 2 is 2.23 bits per heavy atom. The van der Waals surface area contributed by atoms with Crippen molar-refractivity contribution in [3.63, 3.8) is 0 Å². The zero-order chi connectivity index (χ0) is 14.9. The fourth-order valence-electron chi connectivity index (χ4n) is 3.00. The van der Waals surface area contributed by atoms with Crippen LogP contribution in [-0.4, -0.2) is 28.3 Å². The van der Waals surface area contributed by atoms with E-state index in [9.17, 15) is 4.79 Å². The topological polar surface area (TPSA) is 46.4 Å². The van der Waals surface area contributed by atoms with Crippen molar-refractivity contribution in [2.75, 3.05) is 13.1 Å². The molecule has 4 rings (SSSR count). The first kappa shape index (κ1) is 13.8. The number of allylic oxidation sites excluding steroid dienone is 2. The van der Waals surface area contributed by atoms with Gasteiger partial charge in [-0.1, -0.05) is 17.8 Å². The summed E-state index contributed by atoms with van der Waals surface area (Å²) in [5.41, 5.74) is 2.03. The summed E-state index contributed by atoms with van der Waals surface area (Å²) in [6, 6.07) is 6.10. The summed E-state index contributed by atoms with van der Waals surface area (Å²) in [5.74, 6) is 0.431. The van der Waals surface area contributed by atoms with Crippen molar-refractivity contribution in [2.45, 2.75) is 17.9 Å². The molecular weight excluding hydrogens is 294 g/mol. The van der Waals surface area contributed by atoms with Crippen molar-refractivity contribution in [3.05, 3.63) is 47.1 Å². The largest absolute Gasteiger partial charge is 0.317 e. The van der Waals surface area contributed by atoms with E-state index >= 15 is 0 Å². The molecule has 4 heterocycles. The smallest absolute Gasteiger partial charge is 0.158 e. The van der Waals surface area contributed by atoms with Crippen LogP contribution in [0.4, 0.5) is 0 Å². The second-order valence-electron chi connectivity index (χ2n) is 5.65. The summed E-state index contributed by atoms with van der Waals surface area (Å²) in [6.45, 7) is 1.89. The van der Waals surface area contributed by atoms with E-state index in [1.165, 1.54) is 0 Å². The molecule has 112 valence electrons. The maximum Gasteiger partial charge on any atom is 0.158 e. The van der Waals surface area contributed by atoms with E-state index in [4.69, 9.17) is 0 Å². The minimum Gasteiger partial charge on any atom is -0.317 e. The Bertz CT molecular complexity index is 784. The quantitative estimate of drug-likeness (QED) is 0.885. The molecular formula is C17H17N3OS. The van der Waals surface area contributed by atoms with Crippen molar-refractivity contribution in [1.82, 2.24) is 14.7 Å². The van der Waals surface area contributed by atoms with E-state index < -0.39 is 0 Å².